The van der Waals surface area contributed by atoms with Crippen molar-refractivity contribution in [1.82, 2.24) is 0 Å². The summed E-state index contributed by atoms with van der Waals surface area (Å²) in [7, 11) is 0. The van der Waals surface area contributed by atoms with Crippen LogP contribution in [0.15, 0.2) is 60.7 Å². The quantitative estimate of drug-likeness (QED) is 0.161. The summed E-state index contributed by atoms with van der Waals surface area (Å²) in [6.45, 7) is 21.0. The molecular weight excluding hydrogens is 480 g/mol. The molecule has 0 atom stereocenters. The summed E-state index contributed by atoms with van der Waals surface area (Å²) in [4.78, 5) is 0. The van der Waals surface area contributed by atoms with Crippen molar-refractivity contribution in [2.75, 3.05) is 0 Å². The Labute approximate surface area is 214 Å². The molecule has 0 fully saturated rings. The minimum absolute atomic E-state index is 0. The Bertz CT molecular complexity index is 1020. The fourth-order valence-corrected chi connectivity index (χ4v) is 4.08. The molecule has 4 aromatic rings. The molecule has 0 N–H and O–H groups in total. The second-order valence-electron chi connectivity index (χ2n) is 10.2. The van der Waals surface area contributed by atoms with Gasteiger partial charge in [0, 0.05) is 0 Å². The number of benzene rings is 2. The van der Waals surface area contributed by atoms with Crippen molar-refractivity contribution in [2.45, 2.75) is 66.2 Å². The Hall–Kier alpha value is -1.24. The van der Waals surface area contributed by atoms with Crippen molar-refractivity contribution in [3.05, 3.63) is 97.8 Å². The average molecular weight is 520 g/mol. The molecule has 0 aromatic heterocycles. The molecule has 0 aliphatic rings. The van der Waals surface area contributed by atoms with Crippen molar-refractivity contribution in [1.29, 1.82) is 0 Å². The molecule has 4 aromatic carbocycles. The van der Waals surface area contributed by atoms with E-state index in [1.807, 2.05) is 0 Å². The van der Waals surface area contributed by atoms with Crippen molar-refractivity contribution in [3.63, 3.8) is 0 Å². The van der Waals surface area contributed by atoms with Gasteiger partial charge in [-0.05, 0) is 10.8 Å². The van der Waals surface area contributed by atoms with Gasteiger partial charge in [-0.2, -0.15) is 12.1 Å². The molecule has 0 bridgehead atoms. The van der Waals surface area contributed by atoms with Crippen LogP contribution in [0.4, 0.5) is 0 Å². The fourth-order valence-electron chi connectivity index (χ4n) is 4.08. The van der Waals surface area contributed by atoms with Gasteiger partial charge in [-0.15, -0.1) is 69.1 Å². The molecule has 0 aliphatic heterocycles. The molecule has 4 rings (SSSR count). The van der Waals surface area contributed by atoms with Gasteiger partial charge in [0.1, 0.15) is 0 Å². The van der Waals surface area contributed by atoms with Gasteiger partial charge in [-0.25, -0.2) is 0 Å². The van der Waals surface area contributed by atoms with Gasteiger partial charge in [0.25, 0.3) is 0 Å². The summed E-state index contributed by atoms with van der Waals surface area (Å²) < 4.78 is 0. The number of hydrogen-bond acceptors (Lipinski definition) is 0. The van der Waals surface area contributed by atoms with Gasteiger partial charge < -0.3 is 14.9 Å². The van der Waals surface area contributed by atoms with Crippen LogP contribution in [-0.4, -0.2) is 6.88 Å². The van der Waals surface area contributed by atoms with E-state index in [9.17, 15) is 0 Å². The third-order valence-electron chi connectivity index (χ3n) is 5.41. The molecule has 0 amide bonds. The second-order valence-corrected chi connectivity index (χ2v) is 10.2. The van der Waals surface area contributed by atoms with Crippen LogP contribution in [0.3, 0.4) is 0 Å². The first-order valence-corrected chi connectivity index (χ1v) is 14.7. The predicted molar refractivity (Wildman–Crippen MR) is 145 cm³/mol. The molecule has 0 saturated heterocycles. The van der Waals surface area contributed by atoms with Crippen LogP contribution in [0.25, 0.3) is 21.5 Å². The molecule has 172 valence electrons. The third kappa shape index (κ3) is 7.39. The molecule has 0 nitrogen and oxygen atoms in total. The van der Waals surface area contributed by atoms with Gasteiger partial charge >= 0.3 is 30.2 Å². The number of rotatable bonds is 0. The molecule has 0 heterocycles. The van der Waals surface area contributed by atoms with E-state index in [4.69, 9.17) is 0 Å². The molecule has 2 heteroatoms. The zero-order valence-electron chi connectivity index (χ0n) is 21.8. The van der Waals surface area contributed by atoms with Crippen LogP contribution < -0.4 is 0 Å². The van der Waals surface area contributed by atoms with E-state index in [-0.39, 0.29) is 25.7 Å². The zero-order chi connectivity index (χ0) is 22.7. The van der Waals surface area contributed by atoms with Gasteiger partial charge in [0.15, 0.2) is 0 Å². The van der Waals surface area contributed by atoms with E-state index < -0.39 is 0 Å². The van der Waals surface area contributed by atoms with Crippen LogP contribution in [-0.2, 0) is 34.2 Å². The van der Waals surface area contributed by atoms with E-state index >= 15 is 0 Å². The monoisotopic (exact) mass is 518 g/mol. The molecule has 32 heavy (non-hydrogen) atoms. The van der Waals surface area contributed by atoms with Gasteiger partial charge in [0.2, 0.25) is 0 Å². The normalized spacial score (nSPS) is 10.8. The van der Waals surface area contributed by atoms with Crippen LogP contribution in [0.2, 0.25) is 0 Å². The van der Waals surface area contributed by atoms with E-state index in [0.717, 1.165) is 0 Å². The Morgan fingerprint density at radius 2 is 0.938 bits per heavy atom. The molecular formula is C30H40SiZr-4. The average Bonchev–Trinajstić information content (AvgIpc) is 3.21. The fraction of sp³-hybridized carbons (Fsp3) is 0.333. The molecule has 0 aliphatic carbocycles. The first kappa shape index (κ1) is 30.8. The summed E-state index contributed by atoms with van der Waals surface area (Å²) >= 11 is 1.36. The van der Waals surface area contributed by atoms with E-state index in [2.05, 4.69) is 123 Å². The first-order valence-electron chi connectivity index (χ1n) is 10.5. The minimum atomic E-state index is 0. The Kier molecular flexibility index (Phi) is 11.8. The second kappa shape index (κ2) is 12.3. The van der Waals surface area contributed by atoms with Gasteiger partial charge in [-0.3, -0.25) is 0 Å². The zero-order valence-corrected chi connectivity index (χ0v) is 25.2. The summed E-state index contributed by atoms with van der Waals surface area (Å²) in [5.41, 5.74) is 6.08. The number of aryl methyl sites for hydroxylation is 2. The summed E-state index contributed by atoms with van der Waals surface area (Å²) in [5, 5.41) is 5.57. The van der Waals surface area contributed by atoms with Crippen molar-refractivity contribution >= 4 is 28.4 Å². The Morgan fingerprint density at radius 1 is 0.625 bits per heavy atom. The van der Waals surface area contributed by atoms with Crippen LogP contribution >= 0.6 is 0 Å². The van der Waals surface area contributed by atoms with Crippen LogP contribution in [0.1, 0.15) is 63.8 Å². The van der Waals surface area contributed by atoms with E-state index in [1.54, 1.807) is 0 Å². The van der Waals surface area contributed by atoms with Gasteiger partial charge in [0.05, 0.1) is 0 Å². The van der Waals surface area contributed by atoms with Crippen LogP contribution in [0, 0.1) is 28.7 Å². The maximum atomic E-state index is 3.06. The van der Waals surface area contributed by atoms with Crippen molar-refractivity contribution < 1.29 is 23.3 Å². The number of fused-ring (bicyclic) bond motifs is 2. The first-order chi connectivity index (χ1) is 14.0. The topological polar surface area (TPSA) is 0 Å². The van der Waals surface area contributed by atoms with E-state index in [1.165, 1.54) is 67.1 Å². The molecule has 2 radical (unpaired) electrons. The summed E-state index contributed by atoms with van der Waals surface area (Å²) in [6, 6.07) is 22.3. The summed E-state index contributed by atoms with van der Waals surface area (Å²) in [5.74, 6) is 0. The maximum absolute atomic E-state index is 3.06. The Balaban J connectivity index is 0.000000527. The molecule has 0 unspecified atom stereocenters. The standard InChI is InChI=1S/2C14H17.2CH3.Si.Zr/c2*1-10-8-11-6-5-7-13(12(11)9-10)14(2,3)4;;;;/h2*5-9H,1-4H3;2*1H3;;/q4*-1;;. The Morgan fingerprint density at radius 3 is 1.22 bits per heavy atom. The summed E-state index contributed by atoms with van der Waals surface area (Å²) in [6.07, 6.45) is 0. The van der Waals surface area contributed by atoms with Gasteiger partial charge in [-0.1, -0.05) is 78.6 Å². The molecule has 0 saturated carbocycles. The predicted octanol–water partition coefficient (Wildman–Crippen LogP) is 8.85. The van der Waals surface area contributed by atoms with Crippen molar-refractivity contribution in [2.24, 2.45) is 0 Å². The number of hydrogen-bond donors (Lipinski definition) is 0. The van der Waals surface area contributed by atoms with E-state index in [0.29, 0.717) is 0 Å². The SMILES string of the molecule is Cc1cc2c(C(C)(C)C)cccc2[cH-]1.Cc1cc2c(C(C)(C)C)cccc2[cH-]1.[CH3-].[CH3-].[Si]=[Zr]. The van der Waals surface area contributed by atoms with Crippen LogP contribution in [0.5, 0.6) is 0 Å². The van der Waals surface area contributed by atoms with Crippen molar-refractivity contribution in [3.8, 4) is 0 Å². The third-order valence-corrected chi connectivity index (χ3v) is 5.41. The molecule has 0 spiro atoms.